The van der Waals surface area contributed by atoms with Gasteiger partial charge in [-0.15, -0.1) is 0 Å². The summed E-state index contributed by atoms with van der Waals surface area (Å²) in [6.07, 6.45) is 2.10. The number of aliphatic hydroxyl groups excluding tert-OH is 1. The van der Waals surface area contributed by atoms with Gasteiger partial charge in [-0.3, -0.25) is 0 Å². The third-order valence-corrected chi connectivity index (χ3v) is 1.70. The largest absolute Gasteiger partial charge is 0.396 e. The van der Waals surface area contributed by atoms with E-state index in [0.29, 0.717) is 6.61 Å². The first-order valence-corrected chi connectivity index (χ1v) is 4.12. The van der Waals surface area contributed by atoms with E-state index in [4.69, 9.17) is 5.11 Å². The van der Waals surface area contributed by atoms with Gasteiger partial charge in [-0.25, -0.2) is 0 Å². The fourth-order valence-corrected chi connectivity index (χ4v) is 0.697. The van der Waals surface area contributed by atoms with Crippen LogP contribution in [-0.2, 0) is 0 Å². The molecule has 0 aromatic carbocycles. The summed E-state index contributed by atoms with van der Waals surface area (Å²) in [5, 5.41) is 11.7. The van der Waals surface area contributed by atoms with Gasteiger partial charge in [0.05, 0.1) is 0 Å². The standard InChI is InChI=1S/C8H19NO/c1-3-8(2)7-9-5-4-6-10/h8-10H,3-7H2,1-2H3. The van der Waals surface area contributed by atoms with Gasteiger partial charge in [0.25, 0.3) is 0 Å². The van der Waals surface area contributed by atoms with Crippen LogP contribution in [0.2, 0.25) is 0 Å². The van der Waals surface area contributed by atoms with Crippen LogP contribution in [0.4, 0.5) is 0 Å². The first-order valence-electron chi connectivity index (χ1n) is 4.12. The molecule has 0 aliphatic carbocycles. The zero-order chi connectivity index (χ0) is 7.82. The fraction of sp³-hybridized carbons (Fsp3) is 1.00. The molecule has 1 unspecified atom stereocenters. The molecule has 0 aromatic heterocycles. The molecule has 0 spiro atoms. The van der Waals surface area contributed by atoms with E-state index >= 15 is 0 Å². The average molecular weight is 145 g/mol. The maximum atomic E-state index is 8.45. The van der Waals surface area contributed by atoms with E-state index in [0.717, 1.165) is 25.4 Å². The van der Waals surface area contributed by atoms with Crippen LogP contribution in [0, 0.1) is 5.92 Å². The molecule has 1 atom stereocenters. The molecule has 0 fully saturated rings. The lowest BCUT2D eigenvalue weighted by molar-refractivity contribution is 0.284. The SMILES string of the molecule is CCC(C)CNCCCO. The first-order chi connectivity index (χ1) is 4.81. The van der Waals surface area contributed by atoms with Gasteiger partial charge in [0.2, 0.25) is 0 Å². The number of rotatable bonds is 6. The molecule has 2 N–H and O–H groups in total. The Labute approximate surface area is 63.6 Å². The van der Waals surface area contributed by atoms with Crippen molar-refractivity contribution >= 4 is 0 Å². The smallest absolute Gasteiger partial charge is 0.0443 e. The van der Waals surface area contributed by atoms with Gasteiger partial charge >= 0.3 is 0 Å². The van der Waals surface area contributed by atoms with Crippen molar-refractivity contribution < 1.29 is 5.11 Å². The normalized spacial score (nSPS) is 13.5. The molecule has 0 aliphatic heterocycles. The Morgan fingerprint density at radius 3 is 2.70 bits per heavy atom. The van der Waals surface area contributed by atoms with Gasteiger partial charge in [0.1, 0.15) is 0 Å². The fourth-order valence-electron chi connectivity index (χ4n) is 0.697. The molecule has 0 aromatic rings. The van der Waals surface area contributed by atoms with Crippen molar-refractivity contribution in [3.8, 4) is 0 Å². The lowest BCUT2D eigenvalue weighted by Gasteiger charge is -2.08. The molecule has 10 heavy (non-hydrogen) atoms. The Morgan fingerprint density at radius 2 is 2.20 bits per heavy atom. The van der Waals surface area contributed by atoms with Gasteiger partial charge in [0, 0.05) is 6.61 Å². The predicted molar refractivity (Wildman–Crippen MR) is 44.0 cm³/mol. The van der Waals surface area contributed by atoms with Gasteiger partial charge in [-0.05, 0) is 25.4 Å². The van der Waals surface area contributed by atoms with Crippen LogP contribution in [0.15, 0.2) is 0 Å². The second-order valence-electron chi connectivity index (χ2n) is 2.79. The van der Waals surface area contributed by atoms with Crippen molar-refractivity contribution in [3.05, 3.63) is 0 Å². The van der Waals surface area contributed by atoms with Gasteiger partial charge in [0.15, 0.2) is 0 Å². The molecule has 0 bridgehead atoms. The Bertz CT molecular complexity index is 66.3. The van der Waals surface area contributed by atoms with Crippen molar-refractivity contribution in [3.63, 3.8) is 0 Å². The summed E-state index contributed by atoms with van der Waals surface area (Å²) in [4.78, 5) is 0. The molecule has 2 heteroatoms. The minimum atomic E-state index is 0.299. The Kier molecular flexibility index (Phi) is 6.98. The molecule has 0 radical (unpaired) electrons. The summed E-state index contributed by atoms with van der Waals surface area (Å²) in [7, 11) is 0. The second kappa shape index (κ2) is 7.03. The summed E-state index contributed by atoms with van der Waals surface area (Å²) in [6.45, 7) is 6.75. The van der Waals surface area contributed by atoms with Crippen LogP contribution >= 0.6 is 0 Å². The summed E-state index contributed by atoms with van der Waals surface area (Å²) in [5.41, 5.74) is 0. The maximum absolute atomic E-state index is 8.45. The molecule has 2 nitrogen and oxygen atoms in total. The number of aliphatic hydroxyl groups is 1. The summed E-state index contributed by atoms with van der Waals surface area (Å²) < 4.78 is 0. The Hall–Kier alpha value is -0.0800. The first kappa shape index (κ1) is 9.92. The van der Waals surface area contributed by atoms with Crippen molar-refractivity contribution in [2.45, 2.75) is 26.7 Å². The van der Waals surface area contributed by atoms with Crippen molar-refractivity contribution in [2.24, 2.45) is 5.92 Å². The van der Waals surface area contributed by atoms with Crippen LogP contribution < -0.4 is 5.32 Å². The Balaban J connectivity index is 2.89. The monoisotopic (exact) mass is 145 g/mol. The van der Waals surface area contributed by atoms with Gasteiger partial charge in [-0.2, -0.15) is 0 Å². The van der Waals surface area contributed by atoms with E-state index in [1.54, 1.807) is 0 Å². The zero-order valence-corrected chi connectivity index (χ0v) is 7.06. The third-order valence-electron chi connectivity index (χ3n) is 1.70. The van der Waals surface area contributed by atoms with E-state index in [2.05, 4.69) is 19.2 Å². The molecule has 0 amide bonds. The van der Waals surface area contributed by atoms with E-state index in [-0.39, 0.29) is 0 Å². The number of hydrogen-bond donors (Lipinski definition) is 2. The second-order valence-corrected chi connectivity index (χ2v) is 2.79. The van der Waals surface area contributed by atoms with Crippen molar-refractivity contribution in [1.29, 1.82) is 0 Å². The van der Waals surface area contributed by atoms with E-state index in [9.17, 15) is 0 Å². The van der Waals surface area contributed by atoms with Gasteiger partial charge < -0.3 is 10.4 Å². The number of hydrogen-bond acceptors (Lipinski definition) is 2. The van der Waals surface area contributed by atoms with Crippen LogP contribution in [0.25, 0.3) is 0 Å². The lowest BCUT2D eigenvalue weighted by Crippen LogP contribution is -2.22. The molecule has 0 saturated heterocycles. The van der Waals surface area contributed by atoms with E-state index < -0.39 is 0 Å². The zero-order valence-electron chi connectivity index (χ0n) is 7.06. The van der Waals surface area contributed by atoms with Crippen molar-refractivity contribution in [2.75, 3.05) is 19.7 Å². The van der Waals surface area contributed by atoms with Gasteiger partial charge in [-0.1, -0.05) is 20.3 Å². The number of nitrogens with one attached hydrogen (secondary N) is 1. The Morgan fingerprint density at radius 1 is 1.50 bits per heavy atom. The van der Waals surface area contributed by atoms with E-state index in [1.165, 1.54) is 6.42 Å². The maximum Gasteiger partial charge on any atom is 0.0443 e. The van der Waals surface area contributed by atoms with Crippen LogP contribution in [-0.4, -0.2) is 24.8 Å². The molecular weight excluding hydrogens is 126 g/mol. The minimum absolute atomic E-state index is 0.299. The highest BCUT2D eigenvalue weighted by Gasteiger charge is 1.95. The third kappa shape index (κ3) is 6.05. The van der Waals surface area contributed by atoms with E-state index in [1.807, 2.05) is 0 Å². The predicted octanol–water partition coefficient (Wildman–Crippen LogP) is 1.00. The minimum Gasteiger partial charge on any atom is -0.396 e. The summed E-state index contributed by atoms with van der Waals surface area (Å²) in [6, 6.07) is 0. The summed E-state index contributed by atoms with van der Waals surface area (Å²) >= 11 is 0. The van der Waals surface area contributed by atoms with Crippen LogP contribution in [0.1, 0.15) is 26.7 Å². The molecule has 0 saturated carbocycles. The summed E-state index contributed by atoms with van der Waals surface area (Å²) in [5.74, 6) is 0.763. The lowest BCUT2D eigenvalue weighted by atomic mass is 10.1. The quantitative estimate of drug-likeness (QED) is 0.547. The highest BCUT2D eigenvalue weighted by Crippen LogP contribution is 1.96. The molecule has 0 heterocycles. The highest BCUT2D eigenvalue weighted by molar-refractivity contribution is 4.53. The van der Waals surface area contributed by atoms with Crippen LogP contribution in [0.3, 0.4) is 0 Å². The topological polar surface area (TPSA) is 32.3 Å². The van der Waals surface area contributed by atoms with Crippen LogP contribution in [0.5, 0.6) is 0 Å². The highest BCUT2D eigenvalue weighted by atomic mass is 16.3. The van der Waals surface area contributed by atoms with Crippen molar-refractivity contribution in [1.82, 2.24) is 5.32 Å². The average Bonchev–Trinajstić information content (AvgIpc) is 1.98. The molecule has 62 valence electrons. The molecular formula is C8H19NO. The molecule has 0 aliphatic rings. The molecule has 0 rings (SSSR count).